The van der Waals surface area contributed by atoms with Gasteiger partial charge >= 0.3 is 0 Å². The van der Waals surface area contributed by atoms with Gasteiger partial charge in [-0.15, -0.1) is 0 Å². The zero-order valence-corrected chi connectivity index (χ0v) is 13.1. The van der Waals surface area contributed by atoms with Gasteiger partial charge in [0.1, 0.15) is 0 Å². The fourth-order valence-electron chi connectivity index (χ4n) is 2.09. The molecule has 2 aromatic carbocycles. The zero-order chi connectivity index (χ0) is 15.6. The van der Waals surface area contributed by atoms with Crippen LogP contribution < -0.4 is 0 Å². The minimum absolute atomic E-state index is 0.0117. The molecule has 0 aliphatic carbocycles. The van der Waals surface area contributed by atoms with Crippen LogP contribution in [0.2, 0.25) is 0 Å². The molecule has 2 rings (SSSR count). The molecule has 2 aromatic rings. The fourth-order valence-corrected chi connectivity index (χ4v) is 2.18. The van der Waals surface area contributed by atoms with Crippen LogP contribution in [0.4, 0.5) is 0 Å². The number of aliphatic imine (C=N–C) groups is 1. The van der Waals surface area contributed by atoms with E-state index in [0.29, 0.717) is 18.5 Å². The van der Waals surface area contributed by atoms with E-state index in [2.05, 4.69) is 34.5 Å². The minimum atomic E-state index is 0.0117. The Kier molecular flexibility index (Phi) is 6.43. The molecule has 110 valence electrons. The average Bonchev–Trinajstić information content (AvgIpc) is 2.56. The van der Waals surface area contributed by atoms with Crippen LogP contribution in [0.15, 0.2) is 71.7 Å². The summed E-state index contributed by atoms with van der Waals surface area (Å²) < 4.78 is 0. The summed E-state index contributed by atoms with van der Waals surface area (Å²) in [7, 11) is 0. The Labute approximate surface area is 136 Å². The van der Waals surface area contributed by atoms with E-state index in [1.807, 2.05) is 48.5 Å². The monoisotopic (exact) mass is 307 g/mol. The molecule has 0 aromatic heterocycles. The van der Waals surface area contributed by atoms with Gasteiger partial charge < -0.3 is 0 Å². The summed E-state index contributed by atoms with van der Waals surface area (Å²) in [4.78, 5) is 15.8. The Balaban J connectivity index is 1.93. The van der Waals surface area contributed by atoms with Gasteiger partial charge in [0.15, 0.2) is 5.78 Å². The van der Waals surface area contributed by atoms with E-state index < -0.39 is 0 Å². The number of hydrogen-bond donors (Lipinski definition) is 0. The van der Waals surface area contributed by atoms with Crippen molar-refractivity contribution < 1.29 is 4.79 Å². The van der Waals surface area contributed by atoms with E-state index in [1.165, 1.54) is 11.1 Å². The van der Waals surface area contributed by atoms with Crippen LogP contribution >= 0.6 is 12.2 Å². The maximum atomic E-state index is 12.0. The number of allylic oxidation sites excluding steroid dienone is 1. The first-order valence-corrected chi connectivity index (χ1v) is 7.58. The number of thiocarbonyl (C=S) groups is 1. The van der Waals surface area contributed by atoms with E-state index in [-0.39, 0.29) is 5.78 Å². The van der Waals surface area contributed by atoms with Crippen LogP contribution in [0, 0.1) is 0 Å². The number of carbonyl (C=O) groups excluding carboxylic acids is 1. The van der Waals surface area contributed by atoms with Gasteiger partial charge in [0.25, 0.3) is 0 Å². The van der Waals surface area contributed by atoms with Crippen molar-refractivity contribution in [2.75, 3.05) is 6.54 Å². The van der Waals surface area contributed by atoms with Crippen molar-refractivity contribution in [1.29, 1.82) is 0 Å². The Bertz CT molecular complexity index is 683. The lowest BCUT2D eigenvalue weighted by molar-refractivity contribution is 0.104. The highest BCUT2D eigenvalue weighted by Crippen LogP contribution is 2.11. The molecule has 0 radical (unpaired) electrons. The molecule has 0 saturated carbocycles. The van der Waals surface area contributed by atoms with E-state index in [1.54, 1.807) is 6.08 Å². The quantitative estimate of drug-likeness (QED) is 0.248. The summed E-state index contributed by atoms with van der Waals surface area (Å²) in [5.41, 5.74) is 3.16. The van der Waals surface area contributed by atoms with Gasteiger partial charge in [0, 0.05) is 5.56 Å². The third-order valence-corrected chi connectivity index (χ3v) is 3.36. The molecule has 0 N–H and O–H groups in total. The Hall–Kier alpha value is -2.35. The highest BCUT2D eigenvalue weighted by molar-refractivity contribution is 7.78. The maximum absolute atomic E-state index is 12.0. The first-order valence-electron chi connectivity index (χ1n) is 7.17. The van der Waals surface area contributed by atoms with Crippen LogP contribution in [0.1, 0.15) is 27.9 Å². The molecule has 0 atom stereocenters. The highest BCUT2D eigenvalue weighted by atomic mass is 32.1. The molecule has 3 heteroatoms. The van der Waals surface area contributed by atoms with E-state index >= 15 is 0 Å². The molecule has 0 aliphatic heterocycles. The molecule has 0 aliphatic rings. The average molecular weight is 307 g/mol. The minimum Gasteiger partial charge on any atom is -0.289 e. The second-order valence-electron chi connectivity index (χ2n) is 4.89. The Morgan fingerprint density at radius 2 is 1.73 bits per heavy atom. The molecule has 0 saturated heterocycles. The first-order chi connectivity index (χ1) is 10.8. The SMILES string of the molecule is O=C(/C=C/CCN=C=S)c1ccc(Cc2ccccc2)cc1. The normalized spacial score (nSPS) is 10.4. The molecule has 0 fully saturated rings. The molecule has 0 unspecified atom stereocenters. The standard InChI is InChI=1S/C19H17NOS/c21-19(8-4-5-13-20-15-22)18-11-9-17(10-12-18)14-16-6-2-1-3-7-16/h1-4,6-12H,5,13-14H2/b8-4+. The molecule has 0 amide bonds. The summed E-state index contributed by atoms with van der Waals surface area (Å²) in [5.74, 6) is 0.0117. The number of isothiocyanates is 1. The van der Waals surface area contributed by atoms with E-state index in [9.17, 15) is 4.79 Å². The summed E-state index contributed by atoms with van der Waals surface area (Å²) in [6, 6.07) is 18.0. The van der Waals surface area contributed by atoms with Gasteiger partial charge in [-0.1, -0.05) is 60.7 Å². The van der Waals surface area contributed by atoms with Crippen molar-refractivity contribution in [3.63, 3.8) is 0 Å². The number of benzene rings is 2. The Morgan fingerprint density at radius 1 is 1.05 bits per heavy atom. The molecule has 2 nitrogen and oxygen atoms in total. The number of ketones is 1. The van der Waals surface area contributed by atoms with Crippen LogP contribution in [0.3, 0.4) is 0 Å². The maximum Gasteiger partial charge on any atom is 0.185 e. The molecular weight excluding hydrogens is 290 g/mol. The summed E-state index contributed by atoms with van der Waals surface area (Å²) in [6.45, 7) is 0.573. The predicted molar refractivity (Wildman–Crippen MR) is 93.7 cm³/mol. The fraction of sp³-hybridized carbons (Fsp3) is 0.158. The van der Waals surface area contributed by atoms with Crippen LogP contribution in [-0.4, -0.2) is 17.5 Å². The summed E-state index contributed by atoms with van der Waals surface area (Å²) in [6.07, 6.45) is 4.98. The second-order valence-corrected chi connectivity index (χ2v) is 5.07. The molecule has 0 bridgehead atoms. The Morgan fingerprint density at radius 3 is 2.41 bits per heavy atom. The number of rotatable bonds is 7. The van der Waals surface area contributed by atoms with Crippen LogP contribution in [-0.2, 0) is 6.42 Å². The topological polar surface area (TPSA) is 29.4 Å². The third-order valence-electron chi connectivity index (χ3n) is 3.23. The predicted octanol–water partition coefficient (Wildman–Crippen LogP) is 4.51. The van der Waals surface area contributed by atoms with Gasteiger partial charge in [-0.05, 0) is 42.3 Å². The summed E-state index contributed by atoms with van der Waals surface area (Å²) in [5, 5.41) is 2.30. The van der Waals surface area contributed by atoms with Crippen LogP contribution in [0.25, 0.3) is 0 Å². The number of nitrogens with zero attached hydrogens (tertiary/aromatic N) is 1. The lowest BCUT2D eigenvalue weighted by Crippen LogP contribution is -1.95. The third kappa shape index (κ3) is 5.21. The van der Waals surface area contributed by atoms with Crippen molar-refractivity contribution in [3.8, 4) is 0 Å². The number of hydrogen-bond acceptors (Lipinski definition) is 3. The highest BCUT2D eigenvalue weighted by Gasteiger charge is 2.02. The smallest absolute Gasteiger partial charge is 0.185 e. The first kappa shape index (κ1) is 16.0. The van der Waals surface area contributed by atoms with Gasteiger partial charge in [-0.25, -0.2) is 4.99 Å². The number of carbonyl (C=O) groups is 1. The molecular formula is C19H17NOS. The van der Waals surface area contributed by atoms with Crippen molar-refractivity contribution >= 4 is 23.2 Å². The van der Waals surface area contributed by atoms with Crippen molar-refractivity contribution in [3.05, 3.63) is 83.4 Å². The van der Waals surface area contributed by atoms with Crippen molar-refractivity contribution in [2.24, 2.45) is 4.99 Å². The lowest BCUT2D eigenvalue weighted by atomic mass is 10.0. The lowest BCUT2D eigenvalue weighted by Gasteiger charge is -2.03. The van der Waals surface area contributed by atoms with E-state index in [4.69, 9.17) is 0 Å². The van der Waals surface area contributed by atoms with Crippen molar-refractivity contribution in [1.82, 2.24) is 0 Å². The van der Waals surface area contributed by atoms with Crippen LogP contribution in [0.5, 0.6) is 0 Å². The van der Waals surface area contributed by atoms with E-state index in [0.717, 1.165) is 6.42 Å². The summed E-state index contributed by atoms with van der Waals surface area (Å²) >= 11 is 4.48. The molecule has 0 heterocycles. The van der Waals surface area contributed by atoms with Gasteiger partial charge in [0.05, 0.1) is 11.7 Å². The second kappa shape index (κ2) is 8.83. The molecule has 22 heavy (non-hydrogen) atoms. The van der Waals surface area contributed by atoms with Gasteiger partial charge in [0.2, 0.25) is 0 Å². The van der Waals surface area contributed by atoms with Gasteiger partial charge in [-0.2, -0.15) is 0 Å². The zero-order valence-electron chi connectivity index (χ0n) is 12.2. The largest absolute Gasteiger partial charge is 0.289 e. The van der Waals surface area contributed by atoms with Crippen molar-refractivity contribution in [2.45, 2.75) is 12.8 Å². The molecule has 0 spiro atoms. The van der Waals surface area contributed by atoms with Gasteiger partial charge in [-0.3, -0.25) is 4.79 Å².